The molecule has 16 heavy (non-hydrogen) atoms. The first-order chi connectivity index (χ1) is 7.77. The van der Waals surface area contributed by atoms with Gasteiger partial charge in [-0.25, -0.2) is 0 Å². The molecule has 0 aromatic heterocycles. The van der Waals surface area contributed by atoms with Crippen molar-refractivity contribution in [1.29, 1.82) is 0 Å². The van der Waals surface area contributed by atoms with Crippen molar-refractivity contribution in [3.63, 3.8) is 0 Å². The van der Waals surface area contributed by atoms with Crippen molar-refractivity contribution in [3.8, 4) is 0 Å². The molecule has 2 aliphatic rings. The van der Waals surface area contributed by atoms with Crippen molar-refractivity contribution in [2.75, 3.05) is 26.3 Å². The van der Waals surface area contributed by atoms with E-state index in [1.54, 1.807) is 0 Å². The molecule has 2 rings (SSSR count). The second-order valence-electron chi connectivity index (χ2n) is 5.25. The van der Waals surface area contributed by atoms with Crippen LogP contribution in [0.25, 0.3) is 0 Å². The molecule has 0 bridgehead atoms. The normalized spacial score (nSPS) is 28.8. The Kier molecular flexibility index (Phi) is 4.22. The van der Waals surface area contributed by atoms with E-state index >= 15 is 0 Å². The van der Waals surface area contributed by atoms with Gasteiger partial charge in [0.25, 0.3) is 0 Å². The van der Waals surface area contributed by atoms with Gasteiger partial charge in [0.15, 0.2) is 0 Å². The van der Waals surface area contributed by atoms with Crippen LogP contribution in [-0.2, 0) is 9.53 Å². The molecular weight excluding hydrogens is 202 g/mol. The minimum absolute atomic E-state index is 0.238. The summed E-state index contributed by atoms with van der Waals surface area (Å²) in [6.07, 6.45) is 5.47. The van der Waals surface area contributed by atoms with Crippen molar-refractivity contribution in [3.05, 3.63) is 0 Å². The summed E-state index contributed by atoms with van der Waals surface area (Å²) in [6.45, 7) is 5.77. The van der Waals surface area contributed by atoms with E-state index in [0.29, 0.717) is 5.91 Å². The third-order valence-electron chi connectivity index (χ3n) is 3.90. The molecule has 2 aliphatic heterocycles. The van der Waals surface area contributed by atoms with Gasteiger partial charge in [-0.3, -0.25) is 4.79 Å². The van der Waals surface area contributed by atoms with Crippen LogP contribution in [-0.4, -0.2) is 37.1 Å². The summed E-state index contributed by atoms with van der Waals surface area (Å²) in [5, 5.41) is 0. The molecule has 0 aliphatic carbocycles. The average molecular weight is 225 g/mol. The second kappa shape index (κ2) is 5.67. The topological polar surface area (TPSA) is 29.5 Å². The van der Waals surface area contributed by atoms with Gasteiger partial charge in [-0.15, -0.1) is 0 Å². The first-order valence-corrected chi connectivity index (χ1v) is 6.64. The van der Waals surface area contributed by atoms with E-state index in [2.05, 4.69) is 11.8 Å². The molecule has 0 radical (unpaired) electrons. The van der Waals surface area contributed by atoms with Crippen molar-refractivity contribution >= 4 is 5.91 Å². The third-order valence-corrected chi connectivity index (χ3v) is 3.90. The van der Waals surface area contributed by atoms with Crippen molar-refractivity contribution in [2.45, 2.75) is 39.0 Å². The number of likely N-dealkylation sites (tertiary alicyclic amines) is 1. The number of carbonyl (C=O) groups excluding carboxylic acids is 1. The molecule has 1 unspecified atom stereocenters. The largest absolute Gasteiger partial charge is 0.381 e. The van der Waals surface area contributed by atoms with Gasteiger partial charge in [-0.05, 0) is 38.0 Å². The monoisotopic (exact) mass is 225 g/mol. The Morgan fingerprint density at radius 3 is 2.62 bits per heavy atom. The Morgan fingerprint density at radius 1 is 1.12 bits per heavy atom. The van der Waals surface area contributed by atoms with Crippen LogP contribution in [0.2, 0.25) is 0 Å². The van der Waals surface area contributed by atoms with Crippen LogP contribution in [0, 0.1) is 11.8 Å². The Balaban J connectivity index is 1.87. The number of amides is 1. The molecule has 3 heteroatoms. The van der Waals surface area contributed by atoms with Crippen LogP contribution in [0.3, 0.4) is 0 Å². The van der Waals surface area contributed by atoms with Crippen LogP contribution in [0.4, 0.5) is 0 Å². The number of hydrogen-bond donors (Lipinski definition) is 0. The molecule has 0 saturated carbocycles. The predicted octanol–water partition coefficient (Wildman–Crippen LogP) is 2.06. The van der Waals surface area contributed by atoms with Crippen LogP contribution >= 0.6 is 0 Å². The number of ether oxygens (including phenoxy) is 1. The van der Waals surface area contributed by atoms with Crippen LogP contribution in [0.5, 0.6) is 0 Å². The lowest BCUT2D eigenvalue weighted by Crippen LogP contribution is -2.39. The van der Waals surface area contributed by atoms with Crippen LogP contribution in [0.1, 0.15) is 39.0 Å². The van der Waals surface area contributed by atoms with E-state index in [9.17, 15) is 4.79 Å². The maximum Gasteiger partial charge on any atom is 0.225 e. The lowest BCUT2D eigenvalue weighted by Gasteiger charge is -2.28. The number of carbonyl (C=O) groups is 1. The molecule has 1 atom stereocenters. The zero-order valence-electron chi connectivity index (χ0n) is 10.3. The van der Waals surface area contributed by atoms with Gasteiger partial charge in [0.2, 0.25) is 5.91 Å². The summed E-state index contributed by atoms with van der Waals surface area (Å²) >= 11 is 0. The predicted molar refractivity (Wildman–Crippen MR) is 63.1 cm³/mol. The summed E-state index contributed by atoms with van der Waals surface area (Å²) < 4.78 is 5.31. The van der Waals surface area contributed by atoms with Crippen LogP contribution < -0.4 is 0 Å². The molecular formula is C13H23NO2. The highest BCUT2D eigenvalue weighted by Gasteiger charge is 2.27. The first-order valence-electron chi connectivity index (χ1n) is 6.64. The molecule has 3 nitrogen and oxygen atoms in total. The molecule has 1 amide bonds. The summed E-state index contributed by atoms with van der Waals surface area (Å²) in [7, 11) is 0. The Labute approximate surface area is 98.1 Å². The van der Waals surface area contributed by atoms with E-state index in [1.165, 1.54) is 19.3 Å². The van der Waals surface area contributed by atoms with Crippen molar-refractivity contribution in [1.82, 2.24) is 4.90 Å². The lowest BCUT2D eigenvalue weighted by atomic mass is 9.98. The SMILES string of the molecule is CC1CCCN(C(=O)C2CCOCC2)CC1. The highest BCUT2D eigenvalue weighted by Crippen LogP contribution is 2.22. The van der Waals surface area contributed by atoms with E-state index in [0.717, 1.165) is 45.1 Å². The highest BCUT2D eigenvalue weighted by molar-refractivity contribution is 5.78. The van der Waals surface area contributed by atoms with E-state index < -0.39 is 0 Å². The summed E-state index contributed by atoms with van der Waals surface area (Å²) in [5.74, 6) is 1.41. The number of rotatable bonds is 1. The van der Waals surface area contributed by atoms with E-state index in [4.69, 9.17) is 4.74 Å². The molecule has 2 saturated heterocycles. The summed E-state index contributed by atoms with van der Waals surface area (Å²) in [6, 6.07) is 0. The quantitative estimate of drug-likeness (QED) is 0.683. The molecule has 0 N–H and O–H groups in total. The molecule has 0 aromatic rings. The van der Waals surface area contributed by atoms with Gasteiger partial charge in [0, 0.05) is 32.2 Å². The zero-order chi connectivity index (χ0) is 11.4. The van der Waals surface area contributed by atoms with Crippen molar-refractivity contribution in [2.24, 2.45) is 11.8 Å². The maximum atomic E-state index is 12.3. The third kappa shape index (κ3) is 2.97. The maximum absolute atomic E-state index is 12.3. The standard InChI is InChI=1S/C13H23NO2/c1-11-3-2-7-14(8-4-11)13(15)12-5-9-16-10-6-12/h11-12H,2-10H2,1H3. The first kappa shape index (κ1) is 11.9. The molecule has 2 fully saturated rings. The molecule has 92 valence electrons. The average Bonchev–Trinajstić information content (AvgIpc) is 2.54. The van der Waals surface area contributed by atoms with Gasteiger partial charge >= 0.3 is 0 Å². The number of nitrogens with zero attached hydrogens (tertiary/aromatic N) is 1. The van der Waals surface area contributed by atoms with Gasteiger partial charge in [-0.1, -0.05) is 6.92 Å². The molecule has 0 spiro atoms. The zero-order valence-corrected chi connectivity index (χ0v) is 10.3. The fourth-order valence-electron chi connectivity index (χ4n) is 2.69. The minimum atomic E-state index is 0.238. The summed E-state index contributed by atoms with van der Waals surface area (Å²) in [4.78, 5) is 14.4. The second-order valence-corrected chi connectivity index (χ2v) is 5.25. The summed E-state index contributed by atoms with van der Waals surface area (Å²) in [5.41, 5.74) is 0. The van der Waals surface area contributed by atoms with Gasteiger partial charge in [0.1, 0.15) is 0 Å². The Hall–Kier alpha value is -0.570. The Morgan fingerprint density at radius 2 is 1.88 bits per heavy atom. The molecule has 2 heterocycles. The fourth-order valence-corrected chi connectivity index (χ4v) is 2.69. The lowest BCUT2D eigenvalue weighted by molar-refractivity contribution is -0.138. The van der Waals surface area contributed by atoms with Gasteiger partial charge in [-0.2, -0.15) is 0 Å². The minimum Gasteiger partial charge on any atom is -0.381 e. The molecule has 0 aromatic carbocycles. The Bertz CT molecular complexity index is 236. The van der Waals surface area contributed by atoms with Crippen LogP contribution in [0.15, 0.2) is 0 Å². The number of hydrogen-bond acceptors (Lipinski definition) is 2. The van der Waals surface area contributed by atoms with E-state index in [-0.39, 0.29) is 5.92 Å². The highest BCUT2D eigenvalue weighted by atomic mass is 16.5. The smallest absolute Gasteiger partial charge is 0.225 e. The van der Waals surface area contributed by atoms with Gasteiger partial charge in [0.05, 0.1) is 0 Å². The fraction of sp³-hybridized carbons (Fsp3) is 0.923. The van der Waals surface area contributed by atoms with Crippen molar-refractivity contribution < 1.29 is 9.53 Å². The van der Waals surface area contributed by atoms with E-state index in [1.807, 2.05) is 0 Å². The van der Waals surface area contributed by atoms with Gasteiger partial charge < -0.3 is 9.64 Å².